The Morgan fingerprint density at radius 3 is 2.25 bits per heavy atom. The van der Waals surface area contributed by atoms with E-state index < -0.39 is 73.6 Å². The molecular formula is C43H49F4N3O8S. The number of amides is 2. The molecule has 3 heterocycles. The molecule has 0 N–H and O–H groups in total. The number of carbonyl (C=O) groups is 3. The number of nitrogens with zero attached hydrogens (tertiary/aromatic N) is 3. The summed E-state index contributed by atoms with van der Waals surface area (Å²) >= 11 is 0. The van der Waals surface area contributed by atoms with Gasteiger partial charge in [-0.1, -0.05) is 57.9 Å². The molecule has 16 heteroatoms. The predicted molar refractivity (Wildman–Crippen MR) is 212 cm³/mol. The van der Waals surface area contributed by atoms with Crippen LogP contribution in [0.5, 0.6) is 0 Å². The van der Waals surface area contributed by atoms with Crippen molar-refractivity contribution in [2.45, 2.75) is 96.3 Å². The van der Waals surface area contributed by atoms with Crippen LogP contribution in [0.4, 0.5) is 23.2 Å². The molecule has 318 valence electrons. The minimum atomic E-state index is -4.58. The van der Waals surface area contributed by atoms with Gasteiger partial charge in [-0.3, -0.25) is 9.59 Å². The molecule has 0 saturated carbocycles. The lowest BCUT2D eigenvalue weighted by atomic mass is 9.76. The fourth-order valence-electron chi connectivity index (χ4n) is 7.32. The average Bonchev–Trinajstić information content (AvgIpc) is 3.60. The summed E-state index contributed by atoms with van der Waals surface area (Å²) in [6.07, 6.45) is 8.96. The van der Waals surface area contributed by atoms with E-state index in [1.807, 2.05) is 69.8 Å². The molecule has 0 bridgehead atoms. The largest absolute Gasteiger partial charge is 0.748 e. The molecule has 59 heavy (non-hydrogen) atoms. The van der Waals surface area contributed by atoms with Gasteiger partial charge in [-0.05, 0) is 56.4 Å². The first-order valence-corrected chi connectivity index (χ1v) is 21.0. The van der Waals surface area contributed by atoms with Crippen LogP contribution >= 0.6 is 0 Å². The van der Waals surface area contributed by atoms with Gasteiger partial charge in [-0.25, -0.2) is 35.3 Å². The van der Waals surface area contributed by atoms with Crippen LogP contribution in [-0.2, 0) is 40.2 Å². The standard InChI is InChI=1S/C43H49F4N3O8S/c1-42(2,3)32-25-27(29-19-18-28(48(5)6)26-30(29)57-32)15-9-7-10-16-31-43(4,22-12-14-24-59(54,55)56)36-37(44)38(45)39(46)40(47)41(36)49(31)23-13-8-11-17-35(53)58-50-33(51)20-21-34(50)52/h7,9-10,15-16,18-19,25-26H,8,11-14,17,20-24H2,1-6H3. The van der Waals surface area contributed by atoms with E-state index in [0.29, 0.717) is 17.2 Å². The molecule has 1 aliphatic carbocycles. The Morgan fingerprint density at radius 2 is 1.61 bits per heavy atom. The Labute approximate surface area is 341 Å². The highest BCUT2D eigenvalue weighted by Gasteiger charge is 2.49. The zero-order chi connectivity index (χ0) is 43.4. The van der Waals surface area contributed by atoms with Gasteiger partial charge in [-0.15, -0.1) is 5.06 Å². The second kappa shape index (κ2) is 18.0. The van der Waals surface area contributed by atoms with Gasteiger partial charge < -0.3 is 18.7 Å². The highest BCUT2D eigenvalue weighted by Crippen LogP contribution is 2.54. The van der Waals surface area contributed by atoms with Crippen LogP contribution in [0.15, 0.2) is 58.7 Å². The highest BCUT2D eigenvalue weighted by atomic mass is 32.2. The van der Waals surface area contributed by atoms with E-state index in [1.165, 1.54) is 11.8 Å². The van der Waals surface area contributed by atoms with Crippen molar-refractivity contribution >= 4 is 39.7 Å². The van der Waals surface area contributed by atoms with Gasteiger partial charge in [0, 0.05) is 65.3 Å². The molecule has 1 saturated heterocycles. The third kappa shape index (κ3) is 10.2. The third-order valence-corrected chi connectivity index (χ3v) is 11.3. The van der Waals surface area contributed by atoms with Gasteiger partial charge >= 0.3 is 5.97 Å². The van der Waals surface area contributed by atoms with Crippen LogP contribution in [0, 0.1) is 23.3 Å². The summed E-state index contributed by atoms with van der Waals surface area (Å²) in [6, 6.07) is 7.84. The summed E-state index contributed by atoms with van der Waals surface area (Å²) in [4.78, 5) is 42.2. The molecule has 11 nitrogen and oxygen atoms in total. The third-order valence-electron chi connectivity index (χ3n) is 10.5. The maximum absolute atomic E-state index is 15.9. The normalized spacial score (nSPS) is 18.1. The molecule has 0 radical (unpaired) electrons. The zero-order valence-corrected chi connectivity index (χ0v) is 34.8. The molecular weight excluding hydrogens is 795 g/mol. The number of hydrogen-bond acceptors (Lipinski definition) is 9. The second-order valence-corrected chi connectivity index (χ2v) is 17.7. The van der Waals surface area contributed by atoms with Crippen LogP contribution in [0.3, 0.4) is 0 Å². The van der Waals surface area contributed by atoms with Gasteiger partial charge in [0.05, 0.1) is 21.9 Å². The number of anilines is 1. The van der Waals surface area contributed by atoms with Crippen LogP contribution in [0.25, 0.3) is 17.4 Å². The maximum atomic E-state index is 15.9. The zero-order valence-electron chi connectivity index (χ0n) is 34.0. The Morgan fingerprint density at radius 1 is 0.932 bits per heavy atom. The van der Waals surface area contributed by atoms with E-state index in [-0.39, 0.29) is 69.0 Å². The summed E-state index contributed by atoms with van der Waals surface area (Å²) in [6.45, 7) is 7.60. The summed E-state index contributed by atoms with van der Waals surface area (Å²) < 4.78 is 104. The SMILES string of the molecule is C[N+](C)=c1ccc2c(/C=C/C=C/C=C3/N(CCCCCC(=O)ON4C(=O)CCC4=O)c4c(F)c(F)c(F)c(F)c4C3(C)CCCCS(=O)(=O)[O-])cc(C(C)(C)C)oc-2c1. The smallest absolute Gasteiger partial charge is 0.333 e. The van der Waals surface area contributed by atoms with E-state index in [1.54, 1.807) is 24.3 Å². The number of carbonyl (C=O) groups excluding carboxylic acids is 3. The minimum absolute atomic E-state index is 0.0311. The van der Waals surface area contributed by atoms with Gasteiger partial charge in [0.1, 0.15) is 25.6 Å². The quantitative estimate of drug-likeness (QED) is 0.0224. The van der Waals surface area contributed by atoms with Gasteiger partial charge in [-0.2, -0.15) is 0 Å². The highest BCUT2D eigenvalue weighted by molar-refractivity contribution is 7.85. The summed E-state index contributed by atoms with van der Waals surface area (Å²) in [7, 11) is -0.713. The van der Waals surface area contributed by atoms with E-state index in [9.17, 15) is 36.1 Å². The fraction of sp³-hybridized carbons (Fsp3) is 0.442. The monoisotopic (exact) mass is 843 g/mol. The number of imide groups is 1. The second-order valence-electron chi connectivity index (χ2n) is 16.2. The molecule has 1 atom stereocenters. The van der Waals surface area contributed by atoms with Crippen molar-refractivity contribution < 1.29 is 54.2 Å². The van der Waals surface area contributed by atoms with Crippen LogP contribution in [-0.4, -0.2) is 62.2 Å². The number of rotatable bonds is 15. The summed E-state index contributed by atoms with van der Waals surface area (Å²) in [5, 5.41) is 1.40. The van der Waals surface area contributed by atoms with Gasteiger partial charge in [0.2, 0.25) is 5.36 Å². The molecule has 0 spiro atoms. The molecule has 4 aliphatic rings. The molecule has 5 rings (SSSR count). The lowest BCUT2D eigenvalue weighted by Crippen LogP contribution is -2.32. The van der Waals surface area contributed by atoms with Crippen LogP contribution < -0.4 is 14.8 Å². The predicted octanol–water partition coefficient (Wildman–Crippen LogP) is 7.38. The minimum Gasteiger partial charge on any atom is -0.748 e. The number of hydroxylamine groups is 2. The number of benzene rings is 2. The van der Waals surface area contributed by atoms with Gasteiger partial charge in [0.15, 0.2) is 23.3 Å². The number of allylic oxidation sites excluding steroid dienone is 5. The van der Waals surface area contributed by atoms with E-state index in [0.717, 1.165) is 22.2 Å². The van der Waals surface area contributed by atoms with Crippen molar-refractivity contribution in [3.05, 3.63) is 99.8 Å². The summed E-state index contributed by atoms with van der Waals surface area (Å²) in [5.41, 5.74) is -0.767. The van der Waals surface area contributed by atoms with Crippen LogP contribution in [0.1, 0.15) is 102 Å². The topological polar surface area (TPSA) is 140 Å². The van der Waals surface area contributed by atoms with Crippen LogP contribution in [0.2, 0.25) is 0 Å². The van der Waals surface area contributed by atoms with Gasteiger partial charge in [0.25, 0.3) is 11.8 Å². The fourth-order valence-corrected chi connectivity index (χ4v) is 7.88. The van der Waals surface area contributed by atoms with Crippen molar-refractivity contribution in [3.63, 3.8) is 0 Å². The van der Waals surface area contributed by atoms with E-state index in [4.69, 9.17) is 9.25 Å². The van der Waals surface area contributed by atoms with Crippen molar-refractivity contribution in [3.8, 4) is 11.3 Å². The van der Waals surface area contributed by atoms with Crippen molar-refractivity contribution in [1.29, 1.82) is 0 Å². The van der Waals surface area contributed by atoms with Crippen molar-refractivity contribution in [2.75, 3.05) is 31.3 Å². The molecule has 1 aromatic carbocycles. The first-order chi connectivity index (χ1) is 27.6. The lowest BCUT2D eigenvalue weighted by molar-refractivity contribution is -0.197. The van der Waals surface area contributed by atoms with Crippen molar-refractivity contribution in [2.24, 2.45) is 0 Å². The Kier molecular flexibility index (Phi) is 13.8. The molecule has 1 fully saturated rings. The Bertz CT molecular complexity index is 2360. The number of hydrogen-bond donors (Lipinski definition) is 0. The molecule has 1 unspecified atom stereocenters. The lowest BCUT2D eigenvalue weighted by Gasteiger charge is -2.30. The number of fused-ring (bicyclic) bond motifs is 2. The summed E-state index contributed by atoms with van der Waals surface area (Å²) in [5.74, 6) is -8.46. The van der Waals surface area contributed by atoms with E-state index >= 15 is 8.78 Å². The number of halogens is 4. The first-order valence-electron chi connectivity index (χ1n) is 19.4. The Balaban J connectivity index is 1.47. The molecule has 0 aromatic heterocycles. The molecule has 2 amide bonds. The molecule has 1 aromatic rings. The van der Waals surface area contributed by atoms with Crippen molar-refractivity contribution in [1.82, 2.24) is 9.64 Å². The first kappa shape index (κ1) is 45.0. The number of unbranched alkanes of at least 4 members (excludes halogenated alkanes) is 3. The maximum Gasteiger partial charge on any atom is 0.333 e. The average molecular weight is 844 g/mol. The van der Waals surface area contributed by atoms with E-state index in [2.05, 4.69) is 0 Å². The molecule has 3 aliphatic heterocycles. The Hall–Kier alpha value is -5.09.